The van der Waals surface area contributed by atoms with E-state index >= 15 is 0 Å². The van der Waals surface area contributed by atoms with Crippen molar-refractivity contribution in [3.8, 4) is 0 Å². The van der Waals surface area contributed by atoms with E-state index in [-0.39, 0.29) is 17.1 Å². The number of nitrogen functional groups attached to an aromatic ring is 1. The molecule has 6 heteroatoms. The van der Waals surface area contributed by atoms with Crippen LogP contribution in [0.2, 0.25) is 0 Å². The molecule has 1 rings (SSSR count). The van der Waals surface area contributed by atoms with Crippen LogP contribution in [0.5, 0.6) is 0 Å². The molecule has 0 aliphatic rings. The molecule has 0 aliphatic carbocycles. The number of rotatable bonds is 5. The van der Waals surface area contributed by atoms with Crippen LogP contribution in [-0.4, -0.2) is 14.2 Å². The first-order chi connectivity index (χ1) is 7.44. The summed E-state index contributed by atoms with van der Waals surface area (Å²) < 4.78 is 38.5. The van der Waals surface area contributed by atoms with Crippen LogP contribution in [0.1, 0.15) is 19.8 Å². The number of unbranched alkanes of at least 4 members (excludes halogenated alkanes) is 1. The van der Waals surface area contributed by atoms with Gasteiger partial charge in [-0.25, -0.2) is 12.8 Å². The fraction of sp³-hybridized carbons (Fsp3) is 0.400. The lowest BCUT2D eigenvalue weighted by Gasteiger charge is -2.08. The summed E-state index contributed by atoms with van der Waals surface area (Å²) >= 11 is 0. The Bertz CT molecular complexity index is 460. The Labute approximate surface area is 94.7 Å². The Hall–Kier alpha value is -1.30. The minimum atomic E-state index is -3.46. The molecule has 0 bridgehead atoms. The van der Waals surface area contributed by atoms with E-state index in [1.807, 2.05) is 6.92 Å². The number of halogens is 1. The molecule has 0 saturated heterocycles. The summed E-state index contributed by atoms with van der Waals surface area (Å²) in [6.07, 6.45) is 1.32. The first kappa shape index (κ1) is 12.8. The second-order valence-corrected chi connectivity index (χ2v) is 5.36. The minimum absolute atomic E-state index is 0.00663. The summed E-state index contributed by atoms with van der Waals surface area (Å²) in [7, 11) is -3.46. The molecule has 0 fully saturated rings. The van der Waals surface area contributed by atoms with Gasteiger partial charge in [-0.1, -0.05) is 13.3 Å². The van der Waals surface area contributed by atoms with Gasteiger partial charge in [-0.15, -0.1) is 0 Å². The summed E-state index contributed by atoms with van der Waals surface area (Å²) in [5, 5.41) is 0. The Balaban J connectivity index is 2.80. The van der Waals surface area contributed by atoms with E-state index in [1.54, 1.807) is 0 Å². The van der Waals surface area contributed by atoms with Crippen molar-refractivity contribution in [2.45, 2.75) is 19.8 Å². The molecule has 3 N–H and O–H groups in total. The van der Waals surface area contributed by atoms with Crippen molar-refractivity contribution < 1.29 is 12.8 Å². The summed E-state index contributed by atoms with van der Waals surface area (Å²) in [5.41, 5.74) is 5.55. The predicted molar refractivity (Wildman–Crippen MR) is 63.1 cm³/mol. The SMILES string of the molecule is CCCCS(=O)(=O)Nc1ccc(N)cc1F. The zero-order valence-corrected chi connectivity index (χ0v) is 9.85. The molecule has 0 spiro atoms. The lowest BCUT2D eigenvalue weighted by molar-refractivity contribution is 0.595. The zero-order valence-electron chi connectivity index (χ0n) is 9.03. The highest BCUT2D eigenvalue weighted by atomic mass is 32.2. The van der Waals surface area contributed by atoms with Crippen LogP contribution in [0.25, 0.3) is 0 Å². The van der Waals surface area contributed by atoms with E-state index in [2.05, 4.69) is 4.72 Å². The number of hydrogen-bond donors (Lipinski definition) is 2. The van der Waals surface area contributed by atoms with E-state index in [1.165, 1.54) is 12.1 Å². The Morgan fingerprint density at radius 3 is 2.69 bits per heavy atom. The first-order valence-corrected chi connectivity index (χ1v) is 6.65. The van der Waals surface area contributed by atoms with Gasteiger partial charge >= 0.3 is 0 Å². The fourth-order valence-electron chi connectivity index (χ4n) is 1.17. The largest absolute Gasteiger partial charge is 0.399 e. The van der Waals surface area contributed by atoms with E-state index in [0.29, 0.717) is 6.42 Å². The van der Waals surface area contributed by atoms with Gasteiger partial charge in [-0.2, -0.15) is 0 Å². The van der Waals surface area contributed by atoms with Gasteiger partial charge in [0, 0.05) is 5.69 Å². The Morgan fingerprint density at radius 2 is 2.12 bits per heavy atom. The van der Waals surface area contributed by atoms with Crippen LogP contribution in [0.3, 0.4) is 0 Å². The van der Waals surface area contributed by atoms with Gasteiger partial charge in [0.2, 0.25) is 10.0 Å². The van der Waals surface area contributed by atoms with Crippen molar-refractivity contribution in [1.29, 1.82) is 0 Å². The molecule has 90 valence electrons. The maximum absolute atomic E-state index is 13.3. The van der Waals surface area contributed by atoms with Gasteiger partial charge in [0.25, 0.3) is 0 Å². The summed E-state index contributed by atoms with van der Waals surface area (Å²) in [6.45, 7) is 1.89. The maximum Gasteiger partial charge on any atom is 0.232 e. The van der Waals surface area contributed by atoms with E-state index in [0.717, 1.165) is 12.5 Å². The highest BCUT2D eigenvalue weighted by molar-refractivity contribution is 7.92. The second kappa shape index (κ2) is 5.16. The average Bonchev–Trinajstić information content (AvgIpc) is 2.19. The topological polar surface area (TPSA) is 72.2 Å². The molecule has 1 aromatic carbocycles. The van der Waals surface area contributed by atoms with Crippen molar-refractivity contribution in [1.82, 2.24) is 0 Å². The van der Waals surface area contributed by atoms with Gasteiger partial charge in [0.1, 0.15) is 5.82 Å². The number of nitrogens with two attached hydrogens (primary N) is 1. The average molecular weight is 246 g/mol. The summed E-state index contributed by atoms with van der Waals surface area (Å²) in [6, 6.07) is 3.84. The molecule has 0 aliphatic heterocycles. The van der Waals surface area contributed by atoms with Crippen LogP contribution in [0.15, 0.2) is 18.2 Å². The van der Waals surface area contributed by atoms with Crippen molar-refractivity contribution in [2.24, 2.45) is 0 Å². The molecular formula is C10H15FN2O2S. The number of nitrogens with one attached hydrogen (secondary N) is 1. The molecule has 0 aromatic heterocycles. The summed E-state index contributed by atoms with van der Waals surface area (Å²) in [4.78, 5) is 0. The first-order valence-electron chi connectivity index (χ1n) is 5.00. The molecule has 0 amide bonds. The Kier molecular flexibility index (Phi) is 4.12. The zero-order chi connectivity index (χ0) is 12.2. The normalized spacial score (nSPS) is 11.4. The quantitative estimate of drug-likeness (QED) is 0.780. The van der Waals surface area contributed by atoms with Crippen molar-refractivity contribution in [3.05, 3.63) is 24.0 Å². The molecular weight excluding hydrogens is 231 g/mol. The van der Waals surface area contributed by atoms with Crippen LogP contribution in [-0.2, 0) is 10.0 Å². The number of anilines is 2. The van der Waals surface area contributed by atoms with E-state index in [9.17, 15) is 12.8 Å². The van der Waals surface area contributed by atoms with Crippen LogP contribution in [0.4, 0.5) is 15.8 Å². The lowest BCUT2D eigenvalue weighted by atomic mass is 10.3. The number of hydrogen-bond acceptors (Lipinski definition) is 3. The monoisotopic (exact) mass is 246 g/mol. The van der Waals surface area contributed by atoms with Gasteiger partial charge in [-0.3, -0.25) is 4.72 Å². The van der Waals surface area contributed by atoms with Gasteiger partial charge in [0.05, 0.1) is 11.4 Å². The molecule has 1 aromatic rings. The molecule has 0 radical (unpaired) electrons. The maximum atomic E-state index is 13.3. The molecule has 16 heavy (non-hydrogen) atoms. The smallest absolute Gasteiger partial charge is 0.232 e. The van der Waals surface area contributed by atoms with Crippen LogP contribution >= 0.6 is 0 Å². The summed E-state index contributed by atoms with van der Waals surface area (Å²) in [5.74, 6) is -0.673. The van der Waals surface area contributed by atoms with Gasteiger partial charge in [-0.05, 0) is 24.6 Å². The second-order valence-electron chi connectivity index (χ2n) is 3.51. The third kappa shape index (κ3) is 3.69. The van der Waals surface area contributed by atoms with Crippen molar-refractivity contribution in [2.75, 3.05) is 16.2 Å². The van der Waals surface area contributed by atoms with Crippen molar-refractivity contribution in [3.63, 3.8) is 0 Å². The third-order valence-electron chi connectivity index (χ3n) is 2.03. The van der Waals surface area contributed by atoms with E-state index < -0.39 is 15.8 Å². The standard InChI is InChI=1S/C10H15FN2O2S/c1-2-3-6-16(14,15)13-10-5-4-8(12)7-9(10)11/h4-5,7,13H,2-3,6,12H2,1H3. The minimum Gasteiger partial charge on any atom is -0.399 e. The molecule has 0 heterocycles. The molecule has 0 atom stereocenters. The third-order valence-corrected chi connectivity index (χ3v) is 3.38. The molecule has 4 nitrogen and oxygen atoms in total. The van der Waals surface area contributed by atoms with Crippen LogP contribution < -0.4 is 10.5 Å². The highest BCUT2D eigenvalue weighted by Gasteiger charge is 2.12. The lowest BCUT2D eigenvalue weighted by Crippen LogP contribution is -2.17. The van der Waals surface area contributed by atoms with Gasteiger partial charge < -0.3 is 5.73 Å². The number of benzene rings is 1. The highest BCUT2D eigenvalue weighted by Crippen LogP contribution is 2.18. The predicted octanol–water partition coefficient (Wildman–Crippen LogP) is 1.95. The van der Waals surface area contributed by atoms with Crippen molar-refractivity contribution >= 4 is 21.4 Å². The molecule has 0 saturated carbocycles. The fourth-order valence-corrected chi connectivity index (χ4v) is 2.44. The Morgan fingerprint density at radius 1 is 1.44 bits per heavy atom. The van der Waals surface area contributed by atoms with Crippen LogP contribution in [0, 0.1) is 5.82 Å². The molecule has 0 unspecified atom stereocenters. The van der Waals surface area contributed by atoms with Gasteiger partial charge in [0.15, 0.2) is 0 Å². The van der Waals surface area contributed by atoms with E-state index in [4.69, 9.17) is 5.73 Å². The number of sulfonamides is 1.